The minimum Gasteiger partial charge on any atom is -0.507 e. The average Bonchev–Trinajstić information content (AvgIpc) is 3.74. The normalized spacial score (nSPS) is 18.4. The van der Waals surface area contributed by atoms with E-state index in [9.17, 15) is 19.1 Å². The zero-order chi connectivity index (χ0) is 32.4. The third-order valence-corrected chi connectivity index (χ3v) is 9.57. The molecule has 0 radical (unpaired) electrons. The molecule has 46 heavy (non-hydrogen) atoms. The lowest BCUT2D eigenvalue weighted by molar-refractivity contribution is -0.132. The number of amides is 1. The molecule has 2 atom stereocenters. The van der Waals surface area contributed by atoms with E-state index in [4.69, 9.17) is 14.2 Å². The Labute approximate surface area is 273 Å². The topological polar surface area (TPSA) is 111 Å². The number of aliphatic hydroxyl groups excluding tert-OH is 1. The van der Waals surface area contributed by atoms with Gasteiger partial charge in [0.1, 0.15) is 30.0 Å². The fourth-order valence-electron chi connectivity index (χ4n) is 5.41. The second-order valence-electron chi connectivity index (χ2n) is 10.6. The zero-order valence-electron chi connectivity index (χ0n) is 25.1. The number of aromatic nitrogens is 2. The van der Waals surface area contributed by atoms with Gasteiger partial charge in [0.15, 0.2) is 15.8 Å². The van der Waals surface area contributed by atoms with Crippen LogP contribution < -0.4 is 19.1 Å². The highest BCUT2D eigenvalue weighted by atomic mass is 32.2. The number of benzene rings is 3. The van der Waals surface area contributed by atoms with Gasteiger partial charge in [-0.1, -0.05) is 60.0 Å². The highest BCUT2D eigenvalue weighted by Gasteiger charge is 2.48. The molecule has 1 fully saturated rings. The van der Waals surface area contributed by atoms with Crippen LogP contribution in [0.1, 0.15) is 42.1 Å². The third kappa shape index (κ3) is 6.10. The van der Waals surface area contributed by atoms with Gasteiger partial charge in [0, 0.05) is 17.7 Å². The van der Waals surface area contributed by atoms with Crippen molar-refractivity contribution in [1.29, 1.82) is 0 Å². The summed E-state index contributed by atoms with van der Waals surface area (Å²) in [5.41, 5.74) is 2.17. The predicted molar refractivity (Wildman–Crippen MR) is 174 cm³/mol. The number of carbonyl (C=O) groups excluding carboxylic acids is 2. The van der Waals surface area contributed by atoms with Gasteiger partial charge >= 0.3 is 5.91 Å². The number of rotatable bonds is 11. The maximum atomic E-state index is 14.2. The van der Waals surface area contributed by atoms with Crippen LogP contribution in [-0.2, 0) is 21.8 Å². The summed E-state index contributed by atoms with van der Waals surface area (Å²) in [6.07, 6.45) is 2.24. The maximum absolute atomic E-state index is 14.2. The summed E-state index contributed by atoms with van der Waals surface area (Å²) < 4.78 is 32.1. The van der Waals surface area contributed by atoms with Crippen LogP contribution in [0.5, 0.6) is 17.2 Å². The Morgan fingerprint density at radius 3 is 2.76 bits per heavy atom. The van der Waals surface area contributed by atoms with Crippen LogP contribution in [0.25, 0.3) is 5.76 Å². The fourth-order valence-corrected chi connectivity index (χ4v) is 7.27. The van der Waals surface area contributed by atoms with Crippen molar-refractivity contribution in [1.82, 2.24) is 10.2 Å². The number of aliphatic hydroxyl groups is 1. The van der Waals surface area contributed by atoms with Gasteiger partial charge in [0.05, 0.1) is 18.2 Å². The molecule has 6 rings (SSSR count). The van der Waals surface area contributed by atoms with Crippen molar-refractivity contribution in [3.63, 3.8) is 0 Å². The van der Waals surface area contributed by atoms with Crippen LogP contribution in [0.4, 0.5) is 9.52 Å². The molecule has 1 saturated heterocycles. The van der Waals surface area contributed by atoms with Crippen LogP contribution in [0.15, 0.2) is 83.2 Å². The van der Waals surface area contributed by atoms with Crippen molar-refractivity contribution in [2.24, 2.45) is 0 Å². The lowest BCUT2D eigenvalue weighted by Gasteiger charge is -2.23. The SMILES string of the molecule is C=CCOc1ccc([C@H]2C(=C(O)c3ccc4c(c3)C[C@H](C)O4)C(=O)C(=O)N2c2nnc(SCc3ccccc3F)s2)cc1OCC. The predicted octanol–water partition coefficient (Wildman–Crippen LogP) is 6.88. The molecule has 3 heterocycles. The maximum Gasteiger partial charge on any atom is 0.301 e. The summed E-state index contributed by atoms with van der Waals surface area (Å²) in [6, 6.07) is 15.7. The van der Waals surface area contributed by atoms with Crippen molar-refractivity contribution in [2.75, 3.05) is 18.1 Å². The summed E-state index contributed by atoms with van der Waals surface area (Å²) >= 11 is 2.36. The number of anilines is 1. The van der Waals surface area contributed by atoms with E-state index in [-0.39, 0.29) is 35.0 Å². The number of ether oxygens (including phenoxy) is 3. The third-order valence-electron chi connectivity index (χ3n) is 7.46. The molecule has 0 bridgehead atoms. The van der Waals surface area contributed by atoms with Gasteiger partial charge in [0.2, 0.25) is 5.13 Å². The lowest BCUT2D eigenvalue weighted by atomic mass is 9.94. The standard InChI is InChI=1S/C34H30FN3O6S2/c1-4-14-43-26-13-10-20(17-27(26)42-5-2)29-28(30(39)21-11-12-25-23(16-21)15-19(3)44-25)31(40)32(41)38(29)33-36-37-34(46-33)45-18-22-8-6-7-9-24(22)35/h4,6-13,16-17,19,29,39H,1,5,14-15,18H2,2-3H3/t19-,29-/m0/s1. The summed E-state index contributed by atoms with van der Waals surface area (Å²) in [6.45, 7) is 8.06. The summed E-state index contributed by atoms with van der Waals surface area (Å²) in [7, 11) is 0. The highest BCUT2D eigenvalue weighted by Crippen LogP contribution is 2.46. The van der Waals surface area contributed by atoms with E-state index in [1.165, 1.54) is 22.7 Å². The van der Waals surface area contributed by atoms with Crippen molar-refractivity contribution in [3.8, 4) is 17.2 Å². The number of Topliss-reactive ketones (excluding diaryl/α,β-unsaturated/α-hetero) is 1. The monoisotopic (exact) mass is 659 g/mol. The van der Waals surface area contributed by atoms with Gasteiger partial charge in [-0.3, -0.25) is 14.5 Å². The van der Waals surface area contributed by atoms with E-state index >= 15 is 0 Å². The molecule has 3 aromatic carbocycles. The average molecular weight is 660 g/mol. The molecule has 0 saturated carbocycles. The van der Waals surface area contributed by atoms with E-state index in [1.807, 2.05) is 13.8 Å². The molecule has 0 unspecified atom stereocenters. The fraction of sp³-hybridized carbons (Fsp3) is 0.235. The molecule has 2 aliphatic heterocycles. The van der Waals surface area contributed by atoms with Crippen LogP contribution in [0.2, 0.25) is 0 Å². The molecule has 12 heteroatoms. The first-order chi connectivity index (χ1) is 22.3. The number of carbonyl (C=O) groups is 2. The van der Waals surface area contributed by atoms with Crippen molar-refractivity contribution >= 4 is 45.7 Å². The summed E-state index contributed by atoms with van der Waals surface area (Å²) in [5, 5.41) is 20.3. The van der Waals surface area contributed by atoms with E-state index in [1.54, 1.807) is 60.7 Å². The van der Waals surface area contributed by atoms with Crippen molar-refractivity contribution in [2.45, 2.75) is 42.5 Å². The van der Waals surface area contributed by atoms with Gasteiger partial charge in [-0.15, -0.1) is 10.2 Å². The number of fused-ring (bicyclic) bond motifs is 1. The summed E-state index contributed by atoms with van der Waals surface area (Å²) in [5.74, 6) is -0.516. The first kappa shape index (κ1) is 31.3. The molecule has 4 aromatic rings. The van der Waals surface area contributed by atoms with Gasteiger partial charge in [-0.05, 0) is 66.9 Å². The summed E-state index contributed by atoms with van der Waals surface area (Å²) in [4.78, 5) is 28.7. The first-order valence-electron chi connectivity index (χ1n) is 14.6. The van der Waals surface area contributed by atoms with E-state index in [0.717, 1.165) is 16.9 Å². The molecule has 0 spiro atoms. The Balaban J connectivity index is 1.43. The Bertz CT molecular complexity index is 1860. The van der Waals surface area contributed by atoms with Gasteiger partial charge < -0.3 is 19.3 Å². The molecular weight excluding hydrogens is 630 g/mol. The van der Waals surface area contributed by atoms with Crippen LogP contribution in [-0.4, -0.2) is 46.3 Å². The Morgan fingerprint density at radius 1 is 1.15 bits per heavy atom. The number of hydrogen-bond donors (Lipinski definition) is 1. The number of hydrogen-bond acceptors (Lipinski definition) is 10. The smallest absolute Gasteiger partial charge is 0.301 e. The number of ketones is 1. The molecule has 9 nitrogen and oxygen atoms in total. The number of halogens is 1. The second kappa shape index (κ2) is 13.4. The second-order valence-corrected chi connectivity index (χ2v) is 12.8. The molecule has 1 N–H and O–H groups in total. The van der Waals surface area contributed by atoms with E-state index < -0.39 is 17.7 Å². The zero-order valence-corrected chi connectivity index (χ0v) is 26.7. The number of thioether (sulfide) groups is 1. The van der Waals surface area contributed by atoms with Crippen LogP contribution in [0.3, 0.4) is 0 Å². The molecule has 0 aliphatic carbocycles. The minimum absolute atomic E-state index is 0.0142. The van der Waals surface area contributed by atoms with E-state index in [0.29, 0.717) is 57.1 Å². The Morgan fingerprint density at radius 2 is 1.98 bits per heavy atom. The molecular formula is C34H30FN3O6S2. The molecule has 236 valence electrons. The number of nitrogens with zero attached hydrogens (tertiary/aromatic N) is 3. The van der Waals surface area contributed by atoms with Gasteiger partial charge in [-0.2, -0.15) is 0 Å². The van der Waals surface area contributed by atoms with Crippen molar-refractivity contribution < 1.29 is 33.3 Å². The Kier molecular flexibility index (Phi) is 9.09. The first-order valence-corrected chi connectivity index (χ1v) is 16.4. The minimum atomic E-state index is -1.06. The van der Waals surface area contributed by atoms with Crippen LogP contribution in [0, 0.1) is 5.82 Å². The van der Waals surface area contributed by atoms with Gasteiger partial charge in [-0.25, -0.2) is 4.39 Å². The largest absolute Gasteiger partial charge is 0.507 e. The molecule has 2 aliphatic rings. The highest BCUT2D eigenvalue weighted by molar-refractivity contribution is 8.00. The van der Waals surface area contributed by atoms with Crippen LogP contribution >= 0.6 is 23.1 Å². The Hall–Kier alpha value is -4.68. The lowest BCUT2D eigenvalue weighted by Crippen LogP contribution is -2.29. The quantitative estimate of drug-likeness (QED) is 0.0460. The molecule has 1 aromatic heterocycles. The molecule has 1 amide bonds. The van der Waals surface area contributed by atoms with E-state index in [2.05, 4.69) is 16.8 Å². The van der Waals surface area contributed by atoms with Gasteiger partial charge in [0.25, 0.3) is 5.78 Å². The van der Waals surface area contributed by atoms with Crippen molar-refractivity contribution in [3.05, 3.63) is 107 Å².